The van der Waals surface area contributed by atoms with E-state index in [2.05, 4.69) is 34.1 Å². The number of carbonyl (C=O) groups is 1. The van der Waals surface area contributed by atoms with E-state index in [1.54, 1.807) is 12.1 Å². The van der Waals surface area contributed by atoms with Gasteiger partial charge in [0.25, 0.3) is 0 Å². The van der Waals surface area contributed by atoms with Gasteiger partial charge in [0, 0.05) is 31.5 Å². The number of pyridine rings is 1. The third-order valence-corrected chi connectivity index (χ3v) is 4.05. The van der Waals surface area contributed by atoms with E-state index >= 15 is 0 Å². The molecule has 1 aliphatic heterocycles. The predicted octanol–water partition coefficient (Wildman–Crippen LogP) is 2.49. The minimum atomic E-state index is -0.390. The third kappa shape index (κ3) is 4.29. The van der Waals surface area contributed by atoms with Crippen molar-refractivity contribution in [3.8, 4) is 0 Å². The van der Waals surface area contributed by atoms with Gasteiger partial charge in [-0.05, 0) is 30.5 Å². The van der Waals surface area contributed by atoms with Crippen LogP contribution in [0.4, 0.5) is 5.69 Å². The molecule has 3 rings (SSSR count). The number of nitrogen functional groups attached to an aromatic ring is 1. The van der Waals surface area contributed by atoms with Crippen LogP contribution in [-0.4, -0.2) is 35.0 Å². The first-order chi connectivity index (χ1) is 11.2. The highest BCUT2D eigenvalue weighted by molar-refractivity contribution is 5.88. The van der Waals surface area contributed by atoms with Crippen molar-refractivity contribution in [2.24, 2.45) is 0 Å². The van der Waals surface area contributed by atoms with Crippen LogP contribution in [0.3, 0.4) is 0 Å². The van der Waals surface area contributed by atoms with Crippen molar-refractivity contribution < 1.29 is 9.53 Å². The fourth-order valence-corrected chi connectivity index (χ4v) is 2.80. The summed E-state index contributed by atoms with van der Waals surface area (Å²) in [6.45, 7) is 2.80. The summed E-state index contributed by atoms with van der Waals surface area (Å²) in [6.07, 6.45) is 3.17. The highest BCUT2D eigenvalue weighted by Crippen LogP contribution is 2.17. The molecule has 0 saturated carbocycles. The van der Waals surface area contributed by atoms with Crippen molar-refractivity contribution in [1.29, 1.82) is 0 Å². The summed E-state index contributed by atoms with van der Waals surface area (Å²) in [7, 11) is 0. The molecule has 5 heteroatoms. The highest BCUT2D eigenvalue weighted by atomic mass is 16.5. The van der Waals surface area contributed by atoms with Crippen molar-refractivity contribution in [1.82, 2.24) is 9.88 Å². The molecule has 0 spiro atoms. The van der Waals surface area contributed by atoms with Gasteiger partial charge >= 0.3 is 5.97 Å². The second kappa shape index (κ2) is 7.24. The Hall–Kier alpha value is -2.40. The molecule has 2 N–H and O–H groups in total. The van der Waals surface area contributed by atoms with Crippen LogP contribution < -0.4 is 5.73 Å². The number of benzene rings is 1. The van der Waals surface area contributed by atoms with E-state index in [4.69, 9.17) is 10.5 Å². The van der Waals surface area contributed by atoms with E-state index in [-0.39, 0.29) is 17.8 Å². The quantitative estimate of drug-likeness (QED) is 0.879. The fourth-order valence-electron chi connectivity index (χ4n) is 2.80. The Bertz CT molecular complexity index is 652. The largest absolute Gasteiger partial charge is 0.458 e. The monoisotopic (exact) mass is 311 g/mol. The summed E-state index contributed by atoms with van der Waals surface area (Å²) in [5.74, 6) is -0.390. The smallest absolute Gasteiger partial charge is 0.357 e. The molecule has 2 heterocycles. The van der Waals surface area contributed by atoms with Gasteiger partial charge in [-0.2, -0.15) is 0 Å². The Morgan fingerprint density at radius 3 is 2.65 bits per heavy atom. The van der Waals surface area contributed by atoms with Gasteiger partial charge < -0.3 is 10.5 Å². The van der Waals surface area contributed by atoms with Crippen molar-refractivity contribution >= 4 is 11.7 Å². The minimum Gasteiger partial charge on any atom is -0.458 e. The van der Waals surface area contributed by atoms with Gasteiger partial charge in [0.2, 0.25) is 0 Å². The minimum absolute atomic E-state index is 0.0437. The standard InChI is InChI=1S/C18H21N3O2/c19-15-6-9-20-17(12-15)18(22)23-16-7-10-21(11-8-16)13-14-4-2-1-3-5-14/h1-6,9,12,16H,7-8,10-11,13H2,(H2,19,20). The fraction of sp³-hybridized carbons (Fsp3) is 0.333. The van der Waals surface area contributed by atoms with Crippen molar-refractivity contribution in [2.75, 3.05) is 18.8 Å². The number of aromatic nitrogens is 1. The summed E-state index contributed by atoms with van der Waals surface area (Å²) in [6, 6.07) is 13.6. The number of likely N-dealkylation sites (tertiary alicyclic amines) is 1. The maximum Gasteiger partial charge on any atom is 0.357 e. The zero-order chi connectivity index (χ0) is 16.1. The first kappa shape index (κ1) is 15.5. The number of nitrogens with two attached hydrogens (primary N) is 1. The van der Waals surface area contributed by atoms with E-state index in [9.17, 15) is 4.79 Å². The second-order valence-corrected chi connectivity index (χ2v) is 5.84. The predicted molar refractivity (Wildman–Crippen MR) is 88.8 cm³/mol. The van der Waals surface area contributed by atoms with Gasteiger partial charge in [-0.25, -0.2) is 9.78 Å². The van der Waals surface area contributed by atoms with Gasteiger partial charge in [-0.1, -0.05) is 30.3 Å². The average Bonchev–Trinajstić information content (AvgIpc) is 2.57. The number of rotatable bonds is 4. The molecule has 0 aliphatic carbocycles. The van der Waals surface area contributed by atoms with Crippen LogP contribution in [0.25, 0.3) is 0 Å². The Labute approximate surface area is 136 Å². The van der Waals surface area contributed by atoms with E-state index in [1.807, 2.05) is 6.07 Å². The molecule has 1 aliphatic rings. The van der Waals surface area contributed by atoms with Crippen molar-refractivity contribution in [2.45, 2.75) is 25.5 Å². The number of piperidine rings is 1. The lowest BCUT2D eigenvalue weighted by atomic mass is 10.1. The molecule has 1 fully saturated rings. The lowest BCUT2D eigenvalue weighted by Gasteiger charge is -2.31. The average molecular weight is 311 g/mol. The number of ether oxygens (including phenoxy) is 1. The molecule has 5 nitrogen and oxygen atoms in total. The number of hydrogen-bond donors (Lipinski definition) is 1. The Morgan fingerprint density at radius 1 is 1.22 bits per heavy atom. The lowest BCUT2D eigenvalue weighted by Crippen LogP contribution is -2.37. The molecular formula is C18H21N3O2. The molecule has 0 radical (unpaired) electrons. The van der Waals surface area contributed by atoms with Gasteiger partial charge in [0.05, 0.1) is 0 Å². The Morgan fingerprint density at radius 2 is 1.96 bits per heavy atom. The zero-order valence-electron chi connectivity index (χ0n) is 13.0. The molecule has 1 aromatic heterocycles. The third-order valence-electron chi connectivity index (χ3n) is 4.05. The highest BCUT2D eigenvalue weighted by Gasteiger charge is 2.23. The first-order valence-corrected chi connectivity index (χ1v) is 7.89. The van der Waals surface area contributed by atoms with Crippen molar-refractivity contribution in [3.63, 3.8) is 0 Å². The molecule has 0 amide bonds. The topological polar surface area (TPSA) is 68.4 Å². The van der Waals surface area contributed by atoms with Gasteiger partial charge in [0.15, 0.2) is 0 Å². The van der Waals surface area contributed by atoms with E-state index in [0.29, 0.717) is 5.69 Å². The van der Waals surface area contributed by atoms with Crippen LogP contribution >= 0.6 is 0 Å². The van der Waals surface area contributed by atoms with Gasteiger partial charge in [0.1, 0.15) is 11.8 Å². The number of esters is 1. The van der Waals surface area contributed by atoms with Crippen molar-refractivity contribution in [3.05, 3.63) is 59.9 Å². The normalized spacial score (nSPS) is 16.2. The van der Waals surface area contributed by atoms with Crippen LogP contribution in [0.15, 0.2) is 48.7 Å². The van der Waals surface area contributed by atoms with Crippen LogP contribution in [-0.2, 0) is 11.3 Å². The van der Waals surface area contributed by atoms with Crippen LogP contribution in [0.2, 0.25) is 0 Å². The summed E-state index contributed by atoms with van der Waals surface area (Å²) in [5.41, 5.74) is 7.77. The molecule has 120 valence electrons. The molecule has 23 heavy (non-hydrogen) atoms. The Kier molecular flexibility index (Phi) is 4.88. The summed E-state index contributed by atoms with van der Waals surface area (Å²) >= 11 is 0. The van der Waals surface area contributed by atoms with E-state index < -0.39 is 0 Å². The zero-order valence-corrected chi connectivity index (χ0v) is 13.0. The molecule has 0 atom stereocenters. The molecule has 0 bridgehead atoms. The number of anilines is 1. The number of hydrogen-bond acceptors (Lipinski definition) is 5. The molecule has 1 saturated heterocycles. The summed E-state index contributed by atoms with van der Waals surface area (Å²) < 4.78 is 5.55. The Balaban J connectivity index is 1.48. The van der Waals surface area contributed by atoms with Gasteiger partial charge in [-0.3, -0.25) is 4.90 Å². The van der Waals surface area contributed by atoms with E-state index in [1.165, 1.54) is 11.8 Å². The SMILES string of the molecule is Nc1ccnc(C(=O)OC2CCN(Cc3ccccc3)CC2)c1. The maximum absolute atomic E-state index is 12.1. The summed E-state index contributed by atoms with van der Waals surface area (Å²) in [4.78, 5) is 18.5. The van der Waals surface area contributed by atoms with Crippen LogP contribution in [0.5, 0.6) is 0 Å². The van der Waals surface area contributed by atoms with Gasteiger partial charge in [-0.15, -0.1) is 0 Å². The molecule has 2 aromatic rings. The molecule has 1 aromatic carbocycles. The van der Waals surface area contributed by atoms with Crippen LogP contribution in [0.1, 0.15) is 28.9 Å². The molecular weight excluding hydrogens is 290 g/mol. The second-order valence-electron chi connectivity index (χ2n) is 5.84. The van der Waals surface area contributed by atoms with E-state index in [0.717, 1.165) is 32.5 Å². The lowest BCUT2D eigenvalue weighted by molar-refractivity contribution is 0.00982. The first-order valence-electron chi connectivity index (χ1n) is 7.89. The molecule has 0 unspecified atom stereocenters. The van der Waals surface area contributed by atoms with Crippen LogP contribution in [0, 0.1) is 0 Å². The maximum atomic E-state index is 12.1. The summed E-state index contributed by atoms with van der Waals surface area (Å²) in [5, 5.41) is 0. The number of nitrogens with zero attached hydrogens (tertiary/aromatic N) is 2. The number of carbonyl (C=O) groups excluding carboxylic acids is 1.